The fourth-order valence-corrected chi connectivity index (χ4v) is 2.54. The number of hydrogen-bond acceptors (Lipinski definition) is 2. The van der Waals surface area contributed by atoms with Gasteiger partial charge in [0, 0.05) is 18.7 Å². The number of benzene rings is 2. The van der Waals surface area contributed by atoms with Crippen molar-refractivity contribution >= 4 is 5.69 Å². The van der Waals surface area contributed by atoms with E-state index in [-0.39, 0.29) is 0 Å². The quantitative estimate of drug-likeness (QED) is 0.897. The molecule has 1 aliphatic rings. The van der Waals surface area contributed by atoms with Crippen LogP contribution in [0.3, 0.4) is 0 Å². The van der Waals surface area contributed by atoms with Gasteiger partial charge in [-0.2, -0.15) is 0 Å². The van der Waals surface area contributed by atoms with Crippen molar-refractivity contribution in [1.82, 2.24) is 0 Å². The fourth-order valence-electron chi connectivity index (χ4n) is 2.54. The minimum Gasteiger partial charge on any atom is -0.493 e. The SMILES string of the molecule is Cc1ccc(CNc2ccc3c(c2)CCO3)c(C)c1. The number of nitrogens with one attached hydrogen (secondary N) is 1. The molecule has 0 aliphatic carbocycles. The molecule has 3 rings (SSSR count). The Morgan fingerprint density at radius 3 is 2.84 bits per heavy atom. The molecule has 2 nitrogen and oxygen atoms in total. The van der Waals surface area contributed by atoms with Crippen LogP contribution in [-0.4, -0.2) is 6.61 Å². The molecule has 0 saturated carbocycles. The van der Waals surface area contributed by atoms with Gasteiger partial charge >= 0.3 is 0 Å². The van der Waals surface area contributed by atoms with Crippen LogP contribution < -0.4 is 10.1 Å². The van der Waals surface area contributed by atoms with Crippen LogP contribution >= 0.6 is 0 Å². The summed E-state index contributed by atoms with van der Waals surface area (Å²) in [5, 5.41) is 3.50. The van der Waals surface area contributed by atoms with Crippen LogP contribution in [0.5, 0.6) is 5.75 Å². The highest BCUT2D eigenvalue weighted by Crippen LogP contribution is 2.28. The summed E-state index contributed by atoms with van der Waals surface area (Å²) in [5.41, 5.74) is 6.49. The molecule has 0 saturated heterocycles. The van der Waals surface area contributed by atoms with Gasteiger partial charge in [0.2, 0.25) is 0 Å². The maximum atomic E-state index is 5.52. The summed E-state index contributed by atoms with van der Waals surface area (Å²) in [6.07, 6.45) is 1.02. The van der Waals surface area contributed by atoms with Gasteiger partial charge in [-0.3, -0.25) is 0 Å². The summed E-state index contributed by atoms with van der Waals surface area (Å²) in [6.45, 7) is 5.98. The van der Waals surface area contributed by atoms with E-state index in [9.17, 15) is 0 Å². The molecule has 0 fully saturated rings. The lowest BCUT2D eigenvalue weighted by atomic mass is 10.1. The van der Waals surface area contributed by atoms with Gasteiger partial charge in [-0.1, -0.05) is 23.8 Å². The Morgan fingerprint density at radius 1 is 1.11 bits per heavy atom. The molecule has 0 unspecified atom stereocenters. The molecule has 0 bridgehead atoms. The minimum absolute atomic E-state index is 0.815. The average Bonchev–Trinajstić information content (AvgIpc) is 2.85. The molecule has 2 aromatic rings. The summed E-state index contributed by atoms with van der Waals surface area (Å²) < 4.78 is 5.52. The molecule has 0 spiro atoms. The van der Waals surface area contributed by atoms with E-state index < -0.39 is 0 Å². The second-order valence-electron chi connectivity index (χ2n) is 5.20. The normalized spacial score (nSPS) is 12.9. The third-order valence-corrected chi connectivity index (χ3v) is 3.67. The zero-order chi connectivity index (χ0) is 13.2. The molecule has 19 heavy (non-hydrogen) atoms. The van der Waals surface area contributed by atoms with Crippen LogP contribution in [0.15, 0.2) is 36.4 Å². The van der Waals surface area contributed by atoms with Crippen LogP contribution in [0.2, 0.25) is 0 Å². The predicted molar refractivity (Wildman–Crippen MR) is 78.9 cm³/mol. The number of fused-ring (bicyclic) bond motifs is 1. The Hall–Kier alpha value is -1.96. The van der Waals surface area contributed by atoms with Gasteiger partial charge in [-0.05, 0) is 48.7 Å². The van der Waals surface area contributed by atoms with Crippen molar-refractivity contribution in [3.05, 3.63) is 58.7 Å². The highest BCUT2D eigenvalue weighted by atomic mass is 16.5. The first-order chi connectivity index (χ1) is 9.22. The minimum atomic E-state index is 0.815. The second kappa shape index (κ2) is 4.96. The summed E-state index contributed by atoms with van der Waals surface area (Å²) in [6, 6.07) is 13.0. The molecule has 0 aromatic heterocycles. The fraction of sp³-hybridized carbons (Fsp3) is 0.294. The lowest BCUT2D eigenvalue weighted by Gasteiger charge is -2.10. The molecule has 0 amide bonds. The van der Waals surface area contributed by atoms with E-state index in [0.717, 1.165) is 25.3 Å². The Morgan fingerprint density at radius 2 is 2.00 bits per heavy atom. The van der Waals surface area contributed by atoms with E-state index in [4.69, 9.17) is 4.74 Å². The van der Waals surface area contributed by atoms with Crippen molar-refractivity contribution in [1.29, 1.82) is 0 Å². The molecule has 98 valence electrons. The molecule has 1 aliphatic heterocycles. The van der Waals surface area contributed by atoms with Gasteiger partial charge in [0.25, 0.3) is 0 Å². The number of hydrogen-bond donors (Lipinski definition) is 1. The first kappa shape index (κ1) is 12.1. The molecular weight excluding hydrogens is 234 g/mol. The summed E-state index contributed by atoms with van der Waals surface area (Å²) in [5.74, 6) is 1.04. The van der Waals surface area contributed by atoms with Crippen LogP contribution in [-0.2, 0) is 13.0 Å². The third-order valence-electron chi connectivity index (χ3n) is 3.67. The first-order valence-electron chi connectivity index (χ1n) is 6.78. The molecule has 1 heterocycles. The third kappa shape index (κ3) is 2.58. The number of aryl methyl sites for hydroxylation is 2. The van der Waals surface area contributed by atoms with E-state index in [1.54, 1.807) is 0 Å². The highest BCUT2D eigenvalue weighted by Gasteiger charge is 2.11. The Labute approximate surface area is 114 Å². The van der Waals surface area contributed by atoms with E-state index in [1.165, 1.54) is 27.9 Å². The average molecular weight is 253 g/mol. The van der Waals surface area contributed by atoms with Gasteiger partial charge < -0.3 is 10.1 Å². The van der Waals surface area contributed by atoms with E-state index >= 15 is 0 Å². The van der Waals surface area contributed by atoms with Gasteiger partial charge in [-0.25, -0.2) is 0 Å². The van der Waals surface area contributed by atoms with E-state index in [0.29, 0.717) is 0 Å². The lowest BCUT2D eigenvalue weighted by Crippen LogP contribution is -2.01. The number of ether oxygens (including phenoxy) is 1. The van der Waals surface area contributed by atoms with Gasteiger partial charge in [0.15, 0.2) is 0 Å². The highest BCUT2D eigenvalue weighted by molar-refractivity contribution is 5.53. The number of rotatable bonds is 3. The van der Waals surface area contributed by atoms with Crippen LogP contribution in [0.1, 0.15) is 22.3 Å². The molecule has 0 atom stereocenters. The van der Waals surface area contributed by atoms with Crippen LogP contribution in [0.25, 0.3) is 0 Å². The number of anilines is 1. The van der Waals surface area contributed by atoms with Crippen molar-refractivity contribution in [2.75, 3.05) is 11.9 Å². The molecule has 0 radical (unpaired) electrons. The van der Waals surface area contributed by atoms with Crippen molar-refractivity contribution in [3.8, 4) is 5.75 Å². The molecular formula is C17H19NO. The summed E-state index contributed by atoms with van der Waals surface area (Å²) in [7, 11) is 0. The van der Waals surface area contributed by atoms with Gasteiger partial charge in [0.1, 0.15) is 5.75 Å². The standard InChI is InChI=1S/C17H19NO/c1-12-3-4-15(13(2)9-12)11-18-16-5-6-17-14(10-16)7-8-19-17/h3-6,9-10,18H,7-8,11H2,1-2H3. The Balaban J connectivity index is 1.72. The smallest absolute Gasteiger partial charge is 0.122 e. The molecule has 1 N–H and O–H groups in total. The Kier molecular flexibility index (Phi) is 3.16. The Bertz CT molecular complexity index is 604. The van der Waals surface area contributed by atoms with Crippen molar-refractivity contribution < 1.29 is 4.74 Å². The zero-order valence-corrected chi connectivity index (χ0v) is 11.5. The maximum absolute atomic E-state index is 5.52. The first-order valence-corrected chi connectivity index (χ1v) is 6.78. The maximum Gasteiger partial charge on any atom is 0.122 e. The lowest BCUT2D eigenvalue weighted by molar-refractivity contribution is 0.357. The van der Waals surface area contributed by atoms with Crippen molar-refractivity contribution in [2.45, 2.75) is 26.8 Å². The molecule has 2 aromatic carbocycles. The predicted octanol–water partition coefficient (Wildman–Crippen LogP) is 3.85. The van der Waals surface area contributed by atoms with E-state index in [1.807, 2.05) is 0 Å². The molecule has 2 heteroatoms. The summed E-state index contributed by atoms with van der Waals surface area (Å²) >= 11 is 0. The van der Waals surface area contributed by atoms with E-state index in [2.05, 4.69) is 55.6 Å². The monoisotopic (exact) mass is 253 g/mol. The topological polar surface area (TPSA) is 21.3 Å². The van der Waals surface area contributed by atoms with Crippen molar-refractivity contribution in [3.63, 3.8) is 0 Å². The largest absolute Gasteiger partial charge is 0.493 e. The van der Waals surface area contributed by atoms with Crippen LogP contribution in [0.4, 0.5) is 5.69 Å². The van der Waals surface area contributed by atoms with Gasteiger partial charge in [-0.15, -0.1) is 0 Å². The van der Waals surface area contributed by atoms with Crippen LogP contribution in [0, 0.1) is 13.8 Å². The zero-order valence-electron chi connectivity index (χ0n) is 11.5. The summed E-state index contributed by atoms with van der Waals surface area (Å²) in [4.78, 5) is 0. The van der Waals surface area contributed by atoms with Gasteiger partial charge in [0.05, 0.1) is 6.61 Å². The second-order valence-corrected chi connectivity index (χ2v) is 5.20. The van der Waals surface area contributed by atoms with Crippen molar-refractivity contribution in [2.24, 2.45) is 0 Å².